The second-order valence-corrected chi connectivity index (χ2v) is 4.94. The van der Waals surface area contributed by atoms with Gasteiger partial charge in [-0.05, 0) is 24.6 Å². The third kappa shape index (κ3) is 2.73. The minimum absolute atomic E-state index is 0.961. The normalized spacial score (nSPS) is 10.0. The first-order valence-corrected chi connectivity index (χ1v) is 6.91. The highest BCUT2D eigenvalue weighted by atomic mass is 14.8. The number of fused-ring (bicyclic) bond motifs is 1. The zero-order chi connectivity index (χ0) is 14.7. The molecule has 1 aromatic heterocycles. The minimum atomic E-state index is 0.961. The van der Waals surface area contributed by atoms with Crippen LogP contribution < -0.4 is 5.32 Å². The number of rotatable bonds is 1. The topological polar surface area (TPSA) is 24.9 Å². The number of pyridine rings is 1. The van der Waals surface area contributed by atoms with Crippen molar-refractivity contribution in [2.24, 2.45) is 0 Å². The van der Waals surface area contributed by atoms with Gasteiger partial charge < -0.3 is 5.32 Å². The van der Waals surface area contributed by atoms with Gasteiger partial charge in [0.15, 0.2) is 0 Å². The van der Waals surface area contributed by atoms with Gasteiger partial charge in [0, 0.05) is 41.5 Å². The van der Waals surface area contributed by atoms with Crippen molar-refractivity contribution in [1.29, 1.82) is 0 Å². The fourth-order valence-electron chi connectivity index (χ4n) is 2.26. The minimum Gasteiger partial charge on any atom is -0.388 e. The monoisotopic (exact) mass is 272 g/mol. The molecule has 0 fully saturated rings. The van der Waals surface area contributed by atoms with Gasteiger partial charge in [0.25, 0.3) is 0 Å². The Bertz CT molecular complexity index is 849. The lowest BCUT2D eigenvalue weighted by Gasteiger charge is -2.03. The fourth-order valence-corrected chi connectivity index (χ4v) is 2.26. The van der Waals surface area contributed by atoms with Gasteiger partial charge in [-0.3, -0.25) is 4.98 Å². The standard InChI is InChI=1S/C19H16N2/c1-14-7-10-18(20-2)11-15(14)8-9-17-13-21-12-16-5-3-4-6-19(16)17/h3-7,10-13,20H,1-2H3. The lowest BCUT2D eigenvalue weighted by Crippen LogP contribution is -1.90. The molecule has 2 nitrogen and oxygen atoms in total. The van der Waals surface area contributed by atoms with Crippen LogP contribution in [0.5, 0.6) is 0 Å². The number of benzene rings is 2. The molecule has 0 amide bonds. The fraction of sp³-hybridized carbons (Fsp3) is 0.105. The van der Waals surface area contributed by atoms with Gasteiger partial charge in [0.05, 0.1) is 5.56 Å². The van der Waals surface area contributed by atoms with Gasteiger partial charge >= 0.3 is 0 Å². The van der Waals surface area contributed by atoms with Crippen LogP contribution in [-0.2, 0) is 0 Å². The summed E-state index contributed by atoms with van der Waals surface area (Å²) in [5.41, 5.74) is 4.24. The van der Waals surface area contributed by atoms with Crippen molar-refractivity contribution in [3.8, 4) is 11.8 Å². The Balaban J connectivity index is 2.08. The lowest BCUT2D eigenvalue weighted by atomic mass is 10.1. The molecule has 3 aromatic rings. The van der Waals surface area contributed by atoms with Crippen LogP contribution >= 0.6 is 0 Å². The predicted molar refractivity (Wildman–Crippen MR) is 88.4 cm³/mol. The number of aromatic nitrogens is 1. The van der Waals surface area contributed by atoms with Crippen molar-refractivity contribution >= 4 is 16.5 Å². The summed E-state index contributed by atoms with van der Waals surface area (Å²) in [5.74, 6) is 6.52. The van der Waals surface area contributed by atoms with Crippen molar-refractivity contribution in [2.75, 3.05) is 12.4 Å². The van der Waals surface area contributed by atoms with E-state index in [1.165, 1.54) is 5.56 Å². The molecule has 1 heterocycles. The maximum atomic E-state index is 4.27. The number of anilines is 1. The third-order valence-corrected chi connectivity index (χ3v) is 3.53. The molecule has 0 aliphatic heterocycles. The van der Waals surface area contributed by atoms with Gasteiger partial charge in [0.1, 0.15) is 0 Å². The van der Waals surface area contributed by atoms with Crippen LogP contribution in [0.15, 0.2) is 54.9 Å². The zero-order valence-corrected chi connectivity index (χ0v) is 12.1. The average molecular weight is 272 g/mol. The van der Waals surface area contributed by atoms with Crippen molar-refractivity contribution in [1.82, 2.24) is 4.98 Å². The van der Waals surface area contributed by atoms with Crippen molar-refractivity contribution in [3.05, 3.63) is 71.5 Å². The Hall–Kier alpha value is -2.79. The summed E-state index contributed by atoms with van der Waals surface area (Å²) in [5, 5.41) is 5.40. The van der Waals surface area contributed by atoms with Gasteiger partial charge in [-0.25, -0.2) is 0 Å². The molecule has 0 saturated carbocycles. The van der Waals surface area contributed by atoms with Crippen LogP contribution in [0.25, 0.3) is 10.8 Å². The maximum absolute atomic E-state index is 4.27. The molecule has 1 N–H and O–H groups in total. The number of hydrogen-bond donors (Lipinski definition) is 1. The molecule has 3 rings (SSSR count). The van der Waals surface area contributed by atoms with Crippen LogP contribution in [0.2, 0.25) is 0 Å². The summed E-state index contributed by atoms with van der Waals surface area (Å²) < 4.78 is 0. The molecule has 2 heteroatoms. The summed E-state index contributed by atoms with van der Waals surface area (Å²) in [4.78, 5) is 4.27. The van der Waals surface area contributed by atoms with Crippen LogP contribution in [0.1, 0.15) is 16.7 Å². The highest BCUT2D eigenvalue weighted by Crippen LogP contribution is 2.17. The van der Waals surface area contributed by atoms with E-state index >= 15 is 0 Å². The summed E-state index contributed by atoms with van der Waals surface area (Å²) in [7, 11) is 1.91. The Labute approximate surface area is 124 Å². The molecule has 0 spiro atoms. The molecule has 0 aliphatic rings. The molecule has 2 aromatic carbocycles. The van der Waals surface area contributed by atoms with Crippen LogP contribution in [0.4, 0.5) is 5.69 Å². The highest BCUT2D eigenvalue weighted by molar-refractivity contribution is 5.87. The van der Waals surface area contributed by atoms with E-state index in [1.807, 2.05) is 31.6 Å². The van der Waals surface area contributed by atoms with Gasteiger partial charge in [-0.2, -0.15) is 0 Å². The zero-order valence-electron chi connectivity index (χ0n) is 12.1. The summed E-state index contributed by atoms with van der Waals surface area (Å²) in [6.45, 7) is 2.07. The molecule has 0 atom stereocenters. The largest absolute Gasteiger partial charge is 0.388 e. The van der Waals surface area contributed by atoms with E-state index in [-0.39, 0.29) is 0 Å². The lowest BCUT2D eigenvalue weighted by molar-refractivity contribution is 1.35. The molecule has 0 unspecified atom stereocenters. The molecule has 0 radical (unpaired) electrons. The smallest absolute Gasteiger partial charge is 0.0510 e. The van der Waals surface area contributed by atoms with Crippen LogP contribution in [-0.4, -0.2) is 12.0 Å². The first-order valence-electron chi connectivity index (χ1n) is 6.91. The molecular formula is C19H16N2. The van der Waals surface area contributed by atoms with Crippen LogP contribution in [0.3, 0.4) is 0 Å². The summed E-state index contributed by atoms with van der Waals surface area (Å²) in [6.07, 6.45) is 3.69. The summed E-state index contributed by atoms with van der Waals surface area (Å²) in [6, 6.07) is 14.4. The first kappa shape index (κ1) is 13.2. The van der Waals surface area contributed by atoms with E-state index in [2.05, 4.69) is 59.4 Å². The Morgan fingerprint density at radius 1 is 0.952 bits per heavy atom. The van der Waals surface area contributed by atoms with Crippen LogP contribution in [0, 0.1) is 18.8 Å². The van der Waals surface area contributed by atoms with Gasteiger partial charge in [-0.1, -0.05) is 42.2 Å². The van der Waals surface area contributed by atoms with E-state index in [1.54, 1.807) is 0 Å². The van der Waals surface area contributed by atoms with Crippen molar-refractivity contribution < 1.29 is 0 Å². The Morgan fingerprint density at radius 3 is 2.62 bits per heavy atom. The van der Waals surface area contributed by atoms with E-state index in [9.17, 15) is 0 Å². The predicted octanol–water partition coefficient (Wildman–Crippen LogP) is 3.98. The van der Waals surface area contributed by atoms with Crippen molar-refractivity contribution in [2.45, 2.75) is 6.92 Å². The Kier molecular flexibility index (Phi) is 3.57. The molecule has 0 aliphatic carbocycles. The second-order valence-electron chi connectivity index (χ2n) is 4.94. The number of nitrogens with one attached hydrogen (secondary N) is 1. The molecule has 0 bridgehead atoms. The molecular weight excluding hydrogens is 256 g/mol. The average Bonchev–Trinajstić information content (AvgIpc) is 2.54. The van der Waals surface area contributed by atoms with Crippen molar-refractivity contribution in [3.63, 3.8) is 0 Å². The highest BCUT2D eigenvalue weighted by Gasteiger charge is 1.99. The second kappa shape index (κ2) is 5.68. The third-order valence-electron chi connectivity index (χ3n) is 3.53. The van der Waals surface area contributed by atoms with Gasteiger partial charge in [-0.15, -0.1) is 0 Å². The number of nitrogens with zero attached hydrogens (tertiary/aromatic N) is 1. The SMILES string of the molecule is CNc1ccc(C)c(C#Cc2cncc3ccccc23)c1. The maximum Gasteiger partial charge on any atom is 0.0510 e. The molecule has 21 heavy (non-hydrogen) atoms. The van der Waals surface area contributed by atoms with Gasteiger partial charge in [0.2, 0.25) is 0 Å². The van der Waals surface area contributed by atoms with E-state index < -0.39 is 0 Å². The summed E-state index contributed by atoms with van der Waals surface area (Å²) >= 11 is 0. The quantitative estimate of drug-likeness (QED) is 0.678. The van der Waals surface area contributed by atoms with E-state index in [4.69, 9.17) is 0 Å². The van der Waals surface area contributed by atoms with E-state index in [0.717, 1.165) is 27.6 Å². The Morgan fingerprint density at radius 2 is 1.76 bits per heavy atom. The molecule has 102 valence electrons. The molecule has 0 saturated heterocycles. The van der Waals surface area contributed by atoms with E-state index in [0.29, 0.717) is 0 Å². The first-order chi connectivity index (χ1) is 10.3. The number of aryl methyl sites for hydroxylation is 1. The number of hydrogen-bond acceptors (Lipinski definition) is 2.